The number of benzene rings is 1. The van der Waals surface area contributed by atoms with Crippen molar-refractivity contribution in [2.75, 3.05) is 0 Å². The van der Waals surface area contributed by atoms with Crippen LogP contribution in [0.2, 0.25) is 0 Å². The minimum atomic E-state index is 0.634. The quantitative estimate of drug-likeness (QED) is 0.668. The van der Waals surface area contributed by atoms with E-state index in [4.69, 9.17) is 0 Å². The van der Waals surface area contributed by atoms with E-state index < -0.39 is 0 Å². The van der Waals surface area contributed by atoms with Crippen LogP contribution in [0.25, 0.3) is 0 Å². The molecule has 0 N–H and O–H groups in total. The van der Waals surface area contributed by atoms with Gasteiger partial charge >= 0.3 is 0 Å². The maximum atomic E-state index is 2.55. The first-order valence-corrected chi connectivity index (χ1v) is 8.59. The van der Waals surface area contributed by atoms with E-state index in [0.717, 1.165) is 11.8 Å². The highest BCUT2D eigenvalue weighted by Gasteiger charge is 2.49. The molecule has 0 aromatic heterocycles. The number of rotatable bonds is 3. The Morgan fingerprint density at radius 1 is 1.25 bits per heavy atom. The van der Waals surface area contributed by atoms with Crippen LogP contribution in [0.3, 0.4) is 0 Å². The monoisotopic (exact) mass is 266 g/mol. The van der Waals surface area contributed by atoms with Gasteiger partial charge < -0.3 is 0 Å². The topological polar surface area (TPSA) is 0 Å². The molecule has 0 nitrogen and oxygen atoms in total. The first kappa shape index (κ1) is 12.7. The Hall–Kier alpha value is -1.04. The Balaban J connectivity index is 1.66. The predicted molar refractivity (Wildman–Crippen MR) is 84.9 cm³/mol. The van der Waals surface area contributed by atoms with Crippen molar-refractivity contribution >= 4 is 0 Å². The van der Waals surface area contributed by atoms with Crippen molar-refractivity contribution in [2.45, 2.75) is 58.3 Å². The van der Waals surface area contributed by atoms with E-state index in [1.807, 2.05) is 0 Å². The van der Waals surface area contributed by atoms with Gasteiger partial charge in [0.2, 0.25) is 0 Å². The lowest BCUT2D eigenvalue weighted by Gasteiger charge is -2.41. The normalized spacial score (nSPS) is 33.9. The van der Waals surface area contributed by atoms with E-state index in [-0.39, 0.29) is 0 Å². The molecule has 3 unspecified atom stereocenters. The summed E-state index contributed by atoms with van der Waals surface area (Å²) in [5.74, 6) is 1.80. The van der Waals surface area contributed by atoms with Crippen LogP contribution in [0.15, 0.2) is 30.4 Å². The number of allylic oxidation sites excluding steroid dienone is 2. The second-order valence-corrected chi connectivity index (χ2v) is 7.39. The fourth-order valence-electron chi connectivity index (χ4n) is 5.12. The fraction of sp³-hybridized carbons (Fsp3) is 0.600. The van der Waals surface area contributed by atoms with Gasteiger partial charge in [-0.25, -0.2) is 0 Å². The van der Waals surface area contributed by atoms with Crippen molar-refractivity contribution in [3.63, 3.8) is 0 Å². The van der Waals surface area contributed by atoms with Crippen molar-refractivity contribution in [3.8, 4) is 0 Å². The molecule has 0 heteroatoms. The fourth-order valence-corrected chi connectivity index (χ4v) is 5.12. The molecule has 3 aliphatic rings. The van der Waals surface area contributed by atoms with Crippen LogP contribution in [0.5, 0.6) is 0 Å². The molecule has 1 aromatic rings. The van der Waals surface area contributed by atoms with Crippen LogP contribution >= 0.6 is 0 Å². The first-order valence-electron chi connectivity index (χ1n) is 8.59. The summed E-state index contributed by atoms with van der Waals surface area (Å²) in [7, 11) is 0. The number of fused-ring (bicyclic) bond motifs is 4. The van der Waals surface area contributed by atoms with Gasteiger partial charge in [0, 0.05) is 0 Å². The van der Waals surface area contributed by atoms with Crippen LogP contribution < -0.4 is 0 Å². The third-order valence-electron chi connectivity index (χ3n) is 6.22. The maximum absolute atomic E-state index is 2.55. The van der Waals surface area contributed by atoms with Crippen LogP contribution in [-0.4, -0.2) is 0 Å². The van der Waals surface area contributed by atoms with Crippen molar-refractivity contribution in [1.82, 2.24) is 0 Å². The molecule has 106 valence electrons. The lowest BCUT2D eigenvalue weighted by molar-refractivity contribution is 0.194. The third-order valence-corrected chi connectivity index (χ3v) is 6.22. The molecule has 0 heterocycles. The van der Waals surface area contributed by atoms with Crippen molar-refractivity contribution in [1.29, 1.82) is 0 Å². The summed E-state index contributed by atoms with van der Waals surface area (Å²) in [4.78, 5) is 0. The summed E-state index contributed by atoms with van der Waals surface area (Å²) in [5, 5.41) is 0. The standard InChI is InChI=1S/C20H26/c1-2-3-5-16-6-4-7-17-10-11-20(14-19(16)17)13-15-8-9-18(20)12-15/h4,6-9,15,18H,2-3,5,10-14H2,1H3. The van der Waals surface area contributed by atoms with Crippen molar-refractivity contribution in [2.24, 2.45) is 17.3 Å². The van der Waals surface area contributed by atoms with Gasteiger partial charge in [-0.05, 0) is 78.9 Å². The number of unbranched alkanes of at least 4 members (excludes halogenated alkanes) is 1. The van der Waals surface area contributed by atoms with E-state index in [9.17, 15) is 0 Å². The summed E-state index contributed by atoms with van der Waals surface area (Å²) in [6, 6.07) is 7.08. The molecule has 4 rings (SSSR count). The molecular formula is C20H26. The van der Waals surface area contributed by atoms with E-state index in [0.29, 0.717) is 5.41 Å². The third kappa shape index (κ3) is 1.88. The van der Waals surface area contributed by atoms with Gasteiger partial charge in [0.15, 0.2) is 0 Å². The van der Waals surface area contributed by atoms with Crippen LogP contribution in [0.1, 0.15) is 55.7 Å². The van der Waals surface area contributed by atoms with Gasteiger partial charge in [-0.2, -0.15) is 0 Å². The molecule has 2 bridgehead atoms. The molecule has 0 saturated heterocycles. The maximum Gasteiger partial charge on any atom is -0.0168 e. The molecule has 3 aliphatic carbocycles. The highest BCUT2D eigenvalue weighted by Crippen LogP contribution is 2.58. The largest absolute Gasteiger partial charge is 0.0851 e. The minimum Gasteiger partial charge on any atom is -0.0851 e. The smallest absolute Gasteiger partial charge is 0.0168 e. The lowest BCUT2D eigenvalue weighted by atomic mass is 9.64. The van der Waals surface area contributed by atoms with Gasteiger partial charge in [0.05, 0.1) is 0 Å². The first-order chi connectivity index (χ1) is 9.81. The predicted octanol–water partition coefficient (Wildman–Crippen LogP) is 5.10. The molecule has 1 saturated carbocycles. The molecule has 0 amide bonds. The molecule has 3 atom stereocenters. The Morgan fingerprint density at radius 3 is 2.95 bits per heavy atom. The van der Waals surface area contributed by atoms with Crippen LogP contribution in [0, 0.1) is 17.3 Å². The summed E-state index contributed by atoms with van der Waals surface area (Å²) >= 11 is 0. The second-order valence-electron chi connectivity index (χ2n) is 7.39. The van der Waals surface area contributed by atoms with Gasteiger partial charge in [-0.3, -0.25) is 0 Å². The van der Waals surface area contributed by atoms with Gasteiger partial charge in [-0.1, -0.05) is 43.7 Å². The Kier molecular flexibility index (Phi) is 3.02. The highest BCUT2D eigenvalue weighted by atomic mass is 14.5. The van der Waals surface area contributed by atoms with Gasteiger partial charge in [0.1, 0.15) is 0 Å². The summed E-state index contributed by atoms with van der Waals surface area (Å²) < 4.78 is 0. The average molecular weight is 266 g/mol. The van der Waals surface area contributed by atoms with Crippen molar-refractivity contribution < 1.29 is 0 Å². The van der Waals surface area contributed by atoms with Gasteiger partial charge in [-0.15, -0.1) is 0 Å². The second kappa shape index (κ2) is 4.76. The van der Waals surface area contributed by atoms with Crippen LogP contribution in [0.4, 0.5) is 0 Å². The summed E-state index contributed by atoms with van der Waals surface area (Å²) in [5.41, 5.74) is 5.70. The zero-order valence-corrected chi connectivity index (χ0v) is 12.7. The molecule has 0 aliphatic heterocycles. The molecule has 1 fully saturated rings. The molecule has 0 radical (unpaired) electrons. The summed E-state index contributed by atoms with van der Waals surface area (Å²) in [6.45, 7) is 2.30. The van der Waals surface area contributed by atoms with E-state index in [1.54, 1.807) is 16.7 Å². The molecule has 20 heavy (non-hydrogen) atoms. The zero-order chi connectivity index (χ0) is 13.6. The Labute approximate surface area is 123 Å². The minimum absolute atomic E-state index is 0.634. The van der Waals surface area contributed by atoms with Gasteiger partial charge in [0.25, 0.3) is 0 Å². The van der Waals surface area contributed by atoms with E-state index in [1.165, 1.54) is 51.4 Å². The van der Waals surface area contributed by atoms with E-state index in [2.05, 4.69) is 37.3 Å². The summed E-state index contributed by atoms with van der Waals surface area (Å²) in [6.07, 6.45) is 16.0. The molecule has 1 spiro atoms. The number of hydrogen-bond donors (Lipinski definition) is 0. The lowest BCUT2D eigenvalue weighted by Crippen LogP contribution is -2.33. The Morgan fingerprint density at radius 2 is 2.20 bits per heavy atom. The zero-order valence-electron chi connectivity index (χ0n) is 12.7. The van der Waals surface area contributed by atoms with Crippen LogP contribution in [-0.2, 0) is 19.3 Å². The Bertz CT molecular complexity index is 539. The SMILES string of the molecule is CCCCc1cccc2c1CC1(CC2)CC2C=CC1C2. The van der Waals surface area contributed by atoms with E-state index >= 15 is 0 Å². The number of aryl methyl sites for hydroxylation is 2. The highest BCUT2D eigenvalue weighted by molar-refractivity contribution is 5.40. The number of hydrogen-bond acceptors (Lipinski definition) is 0. The van der Waals surface area contributed by atoms with Crippen molar-refractivity contribution in [3.05, 3.63) is 47.0 Å². The molecular weight excluding hydrogens is 240 g/mol. The average Bonchev–Trinajstić information content (AvgIpc) is 3.06. The molecule has 1 aromatic carbocycles.